The molecule has 0 saturated carbocycles. The van der Waals surface area contributed by atoms with E-state index in [-0.39, 0.29) is 5.88 Å². The van der Waals surface area contributed by atoms with E-state index in [9.17, 15) is 18.0 Å². The van der Waals surface area contributed by atoms with E-state index < -0.39 is 26.2 Å². The molecule has 11 heteroatoms. The SMILES string of the molecule is O=c1[nH]cc(S(=O)(=O)Nc2cc(-c3ccc(Br)cc3)no2)c(=O)[nH]1. The van der Waals surface area contributed by atoms with Crippen LogP contribution in [-0.4, -0.2) is 23.5 Å². The van der Waals surface area contributed by atoms with Crippen molar-refractivity contribution < 1.29 is 12.9 Å². The predicted octanol–water partition coefficient (Wildman–Crippen LogP) is 1.28. The molecule has 2 heterocycles. The van der Waals surface area contributed by atoms with E-state index in [2.05, 4.69) is 30.8 Å². The molecule has 24 heavy (non-hydrogen) atoms. The van der Waals surface area contributed by atoms with Gasteiger partial charge in [0.25, 0.3) is 15.6 Å². The Morgan fingerprint density at radius 1 is 1.17 bits per heavy atom. The summed E-state index contributed by atoms with van der Waals surface area (Å²) in [5, 5.41) is 3.77. The summed E-state index contributed by atoms with van der Waals surface area (Å²) in [6, 6.07) is 8.52. The largest absolute Gasteiger partial charge is 0.337 e. The second-order valence-corrected chi connectivity index (χ2v) is 7.19. The number of aromatic nitrogens is 3. The van der Waals surface area contributed by atoms with Crippen LogP contribution in [0, 0.1) is 0 Å². The minimum atomic E-state index is -4.24. The second-order valence-electron chi connectivity index (χ2n) is 4.62. The first-order chi connectivity index (χ1) is 11.3. The molecule has 0 amide bonds. The van der Waals surface area contributed by atoms with Gasteiger partial charge in [-0.05, 0) is 12.1 Å². The Balaban J connectivity index is 1.90. The van der Waals surface area contributed by atoms with Crippen molar-refractivity contribution in [2.24, 2.45) is 0 Å². The molecule has 9 nitrogen and oxygen atoms in total. The highest BCUT2D eigenvalue weighted by Crippen LogP contribution is 2.24. The molecule has 0 fully saturated rings. The van der Waals surface area contributed by atoms with Crippen LogP contribution in [0.3, 0.4) is 0 Å². The molecular weight excluding hydrogens is 404 g/mol. The van der Waals surface area contributed by atoms with Gasteiger partial charge in [0.2, 0.25) is 5.88 Å². The van der Waals surface area contributed by atoms with Crippen molar-refractivity contribution >= 4 is 31.8 Å². The lowest BCUT2D eigenvalue weighted by atomic mass is 10.2. The minimum Gasteiger partial charge on any atom is -0.337 e. The zero-order chi connectivity index (χ0) is 17.3. The molecule has 124 valence electrons. The van der Waals surface area contributed by atoms with E-state index in [4.69, 9.17) is 4.52 Å². The van der Waals surface area contributed by atoms with Crippen LogP contribution < -0.4 is 16.0 Å². The normalized spacial score (nSPS) is 11.4. The van der Waals surface area contributed by atoms with Gasteiger partial charge in [-0.1, -0.05) is 33.2 Å². The number of H-pyrrole nitrogens is 2. The highest BCUT2D eigenvalue weighted by molar-refractivity contribution is 9.10. The van der Waals surface area contributed by atoms with Crippen molar-refractivity contribution in [3.63, 3.8) is 0 Å². The van der Waals surface area contributed by atoms with Crippen molar-refractivity contribution in [1.82, 2.24) is 15.1 Å². The zero-order valence-corrected chi connectivity index (χ0v) is 14.1. The smallest absolute Gasteiger partial charge is 0.325 e. The van der Waals surface area contributed by atoms with Gasteiger partial charge in [-0.25, -0.2) is 17.9 Å². The van der Waals surface area contributed by atoms with Crippen LogP contribution >= 0.6 is 15.9 Å². The lowest BCUT2D eigenvalue weighted by molar-refractivity contribution is 0.438. The van der Waals surface area contributed by atoms with E-state index in [1.807, 2.05) is 4.98 Å². The molecule has 1 aromatic carbocycles. The van der Waals surface area contributed by atoms with Crippen molar-refractivity contribution in [2.45, 2.75) is 4.90 Å². The Bertz CT molecular complexity index is 1100. The number of sulfonamides is 1. The van der Waals surface area contributed by atoms with E-state index in [0.717, 1.165) is 10.7 Å². The minimum absolute atomic E-state index is 0.168. The van der Waals surface area contributed by atoms with Gasteiger partial charge in [0.05, 0.1) is 0 Å². The van der Waals surface area contributed by atoms with Gasteiger partial charge >= 0.3 is 5.69 Å². The first kappa shape index (κ1) is 16.2. The highest BCUT2D eigenvalue weighted by Gasteiger charge is 2.21. The Kier molecular flexibility index (Phi) is 4.11. The van der Waals surface area contributed by atoms with Crippen LogP contribution in [0.25, 0.3) is 11.3 Å². The molecule has 0 unspecified atom stereocenters. The summed E-state index contributed by atoms with van der Waals surface area (Å²) in [4.78, 5) is 25.8. The van der Waals surface area contributed by atoms with Gasteiger partial charge in [0.1, 0.15) is 5.69 Å². The van der Waals surface area contributed by atoms with Crippen LogP contribution in [0.5, 0.6) is 0 Å². The number of hydrogen-bond acceptors (Lipinski definition) is 6. The van der Waals surface area contributed by atoms with Gasteiger partial charge in [-0.2, -0.15) is 0 Å². The molecule has 0 atom stereocenters. The van der Waals surface area contributed by atoms with Gasteiger partial charge < -0.3 is 9.51 Å². The van der Waals surface area contributed by atoms with Crippen molar-refractivity contribution in [3.8, 4) is 11.3 Å². The van der Waals surface area contributed by atoms with E-state index in [1.165, 1.54) is 6.07 Å². The van der Waals surface area contributed by atoms with Gasteiger partial charge in [0.15, 0.2) is 4.90 Å². The maximum absolute atomic E-state index is 12.2. The molecule has 0 spiro atoms. The van der Waals surface area contributed by atoms with Crippen molar-refractivity contribution in [1.29, 1.82) is 0 Å². The fraction of sp³-hybridized carbons (Fsp3) is 0. The van der Waals surface area contributed by atoms with Crippen LogP contribution in [0.4, 0.5) is 5.88 Å². The molecule has 0 aliphatic heterocycles. The van der Waals surface area contributed by atoms with Crippen LogP contribution in [0.1, 0.15) is 0 Å². The average Bonchev–Trinajstić information content (AvgIpc) is 2.95. The molecule has 3 N–H and O–H groups in total. The molecule has 3 aromatic rings. The number of benzene rings is 1. The maximum Gasteiger partial charge on any atom is 0.325 e. The average molecular weight is 413 g/mol. The van der Waals surface area contributed by atoms with Crippen LogP contribution in [0.2, 0.25) is 0 Å². The number of halogens is 1. The Morgan fingerprint density at radius 2 is 1.88 bits per heavy atom. The fourth-order valence-corrected chi connectivity index (χ4v) is 3.11. The number of rotatable bonds is 4. The molecule has 0 radical (unpaired) electrons. The summed E-state index contributed by atoms with van der Waals surface area (Å²) in [7, 11) is -4.24. The quantitative estimate of drug-likeness (QED) is 0.589. The van der Waals surface area contributed by atoms with E-state index in [1.54, 1.807) is 24.3 Å². The zero-order valence-electron chi connectivity index (χ0n) is 11.7. The van der Waals surface area contributed by atoms with Crippen LogP contribution in [0.15, 0.2) is 60.0 Å². The monoisotopic (exact) mass is 412 g/mol. The number of nitrogens with one attached hydrogen (secondary N) is 3. The second kappa shape index (κ2) is 6.09. The molecule has 0 bridgehead atoms. The van der Waals surface area contributed by atoms with Gasteiger partial charge in [-0.3, -0.25) is 9.78 Å². The molecule has 2 aromatic heterocycles. The third kappa shape index (κ3) is 3.31. The van der Waals surface area contributed by atoms with E-state index >= 15 is 0 Å². The summed E-state index contributed by atoms with van der Waals surface area (Å²) in [6.07, 6.45) is 0.801. The number of nitrogens with zero attached hydrogens (tertiary/aromatic N) is 1. The van der Waals surface area contributed by atoms with E-state index in [0.29, 0.717) is 11.3 Å². The fourth-order valence-electron chi connectivity index (χ4n) is 1.86. The lowest BCUT2D eigenvalue weighted by Gasteiger charge is -2.02. The number of hydrogen-bond donors (Lipinski definition) is 3. The number of anilines is 1. The Hall–Kier alpha value is -2.66. The Morgan fingerprint density at radius 3 is 2.54 bits per heavy atom. The summed E-state index contributed by atoms with van der Waals surface area (Å²) in [6.45, 7) is 0. The molecule has 0 aliphatic rings. The van der Waals surface area contributed by atoms with Crippen LogP contribution in [-0.2, 0) is 10.0 Å². The third-order valence-electron chi connectivity index (χ3n) is 2.96. The molecule has 0 aliphatic carbocycles. The maximum atomic E-state index is 12.2. The summed E-state index contributed by atoms with van der Waals surface area (Å²) >= 11 is 3.31. The highest BCUT2D eigenvalue weighted by atomic mass is 79.9. The van der Waals surface area contributed by atoms with Crippen molar-refractivity contribution in [2.75, 3.05) is 4.72 Å². The molecule has 3 rings (SSSR count). The first-order valence-corrected chi connectivity index (χ1v) is 8.70. The van der Waals surface area contributed by atoms with Gasteiger partial charge in [0, 0.05) is 22.3 Å². The topological polar surface area (TPSA) is 138 Å². The molecular formula is C13H9BrN4O5S. The summed E-state index contributed by atoms with van der Waals surface area (Å²) < 4.78 is 32.3. The van der Waals surface area contributed by atoms with Gasteiger partial charge in [-0.15, -0.1) is 0 Å². The first-order valence-electron chi connectivity index (χ1n) is 6.43. The standard InChI is InChI=1S/C13H9BrN4O5S/c14-8-3-1-7(2-4-8)9-5-11(23-17-9)18-24(21,22)10-6-15-13(20)16-12(10)19/h1-6,18H,(H2,15,16,19,20). The predicted molar refractivity (Wildman–Crippen MR) is 88.1 cm³/mol. The number of aromatic amines is 2. The Labute approximate surface area is 142 Å². The molecule has 0 saturated heterocycles. The lowest BCUT2D eigenvalue weighted by Crippen LogP contribution is -2.29. The van der Waals surface area contributed by atoms with Crippen molar-refractivity contribution in [3.05, 3.63) is 61.8 Å². The summed E-state index contributed by atoms with van der Waals surface area (Å²) in [5.74, 6) is -0.168. The summed E-state index contributed by atoms with van der Waals surface area (Å²) in [5.41, 5.74) is -0.722. The third-order valence-corrected chi connectivity index (χ3v) is 4.84.